The maximum atomic E-state index is 12.1. The first-order valence-corrected chi connectivity index (χ1v) is 9.80. The number of likely N-dealkylation sites (tertiary alicyclic amines) is 1. The monoisotopic (exact) mass is 396 g/mol. The normalized spacial score (nSPS) is 18.7. The zero-order valence-corrected chi connectivity index (χ0v) is 17.0. The summed E-state index contributed by atoms with van der Waals surface area (Å²) >= 11 is 0. The number of hydrogen-bond donors (Lipinski definition) is 1. The SMILES string of the molecule is COc1ccc([C@@H]2CCC[NH+]2Cc2cc(=O)oc3cc(OC)ccc23)c(OC)c1. The lowest BCUT2D eigenvalue weighted by Crippen LogP contribution is -3.08. The molecule has 6 nitrogen and oxygen atoms in total. The minimum atomic E-state index is -0.335. The van der Waals surface area contributed by atoms with E-state index in [0.29, 0.717) is 17.4 Å². The van der Waals surface area contributed by atoms with E-state index in [4.69, 9.17) is 18.6 Å². The van der Waals surface area contributed by atoms with Crippen molar-refractivity contribution in [3.63, 3.8) is 0 Å². The molecule has 0 saturated carbocycles. The van der Waals surface area contributed by atoms with Gasteiger partial charge in [0.25, 0.3) is 0 Å². The molecule has 1 aromatic heterocycles. The molecular weight excluding hydrogens is 370 g/mol. The summed E-state index contributed by atoms with van der Waals surface area (Å²) in [4.78, 5) is 13.6. The van der Waals surface area contributed by atoms with E-state index in [0.717, 1.165) is 48.4 Å². The van der Waals surface area contributed by atoms with Crippen LogP contribution in [0.5, 0.6) is 17.2 Å². The summed E-state index contributed by atoms with van der Waals surface area (Å²) < 4.78 is 21.6. The summed E-state index contributed by atoms with van der Waals surface area (Å²) in [6.45, 7) is 1.78. The first kappa shape index (κ1) is 19.3. The van der Waals surface area contributed by atoms with Gasteiger partial charge in [0.1, 0.15) is 35.4 Å². The summed E-state index contributed by atoms with van der Waals surface area (Å²) in [6.07, 6.45) is 2.20. The van der Waals surface area contributed by atoms with Crippen LogP contribution in [0, 0.1) is 0 Å². The quantitative estimate of drug-likeness (QED) is 0.649. The van der Waals surface area contributed by atoms with Crippen LogP contribution < -0.4 is 24.7 Å². The molecule has 0 spiro atoms. The van der Waals surface area contributed by atoms with Crippen molar-refractivity contribution in [1.82, 2.24) is 0 Å². The van der Waals surface area contributed by atoms with E-state index in [1.54, 1.807) is 33.5 Å². The van der Waals surface area contributed by atoms with Gasteiger partial charge in [0.15, 0.2) is 0 Å². The Labute approximate surface area is 169 Å². The van der Waals surface area contributed by atoms with Crippen LogP contribution in [0.4, 0.5) is 0 Å². The topological polar surface area (TPSA) is 62.3 Å². The molecule has 1 aliphatic heterocycles. The minimum Gasteiger partial charge on any atom is -0.497 e. The molecule has 6 heteroatoms. The third-order valence-corrected chi connectivity index (χ3v) is 5.75. The molecule has 1 saturated heterocycles. The number of rotatable bonds is 6. The second-order valence-corrected chi connectivity index (χ2v) is 7.34. The maximum absolute atomic E-state index is 12.1. The highest BCUT2D eigenvalue weighted by molar-refractivity contribution is 5.81. The number of benzene rings is 2. The van der Waals surface area contributed by atoms with Crippen molar-refractivity contribution in [3.05, 3.63) is 64.0 Å². The molecule has 2 aromatic carbocycles. The fourth-order valence-corrected chi connectivity index (χ4v) is 4.33. The third-order valence-electron chi connectivity index (χ3n) is 5.75. The molecule has 0 radical (unpaired) electrons. The van der Waals surface area contributed by atoms with Gasteiger partial charge in [-0.05, 0) is 24.3 Å². The molecule has 1 N–H and O–H groups in total. The molecule has 0 amide bonds. The van der Waals surface area contributed by atoms with E-state index in [9.17, 15) is 4.79 Å². The lowest BCUT2D eigenvalue weighted by molar-refractivity contribution is -0.931. The zero-order chi connectivity index (χ0) is 20.4. The number of ether oxygens (including phenoxy) is 3. The molecule has 1 aliphatic rings. The molecule has 0 bridgehead atoms. The molecule has 1 unspecified atom stereocenters. The van der Waals surface area contributed by atoms with Gasteiger partial charge in [0, 0.05) is 42.0 Å². The fourth-order valence-electron chi connectivity index (χ4n) is 4.33. The average molecular weight is 396 g/mol. The van der Waals surface area contributed by atoms with Crippen molar-refractivity contribution in [2.75, 3.05) is 27.9 Å². The summed E-state index contributed by atoms with van der Waals surface area (Å²) in [5.74, 6) is 2.30. The van der Waals surface area contributed by atoms with E-state index in [2.05, 4.69) is 6.07 Å². The molecule has 29 heavy (non-hydrogen) atoms. The van der Waals surface area contributed by atoms with Crippen LogP contribution in [0.25, 0.3) is 11.0 Å². The molecule has 152 valence electrons. The Kier molecular flexibility index (Phi) is 5.45. The van der Waals surface area contributed by atoms with Crippen LogP contribution in [-0.4, -0.2) is 27.9 Å². The third kappa shape index (κ3) is 3.80. The van der Waals surface area contributed by atoms with Crippen molar-refractivity contribution in [1.29, 1.82) is 0 Å². The second kappa shape index (κ2) is 8.17. The van der Waals surface area contributed by atoms with E-state index < -0.39 is 0 Å². The van der Waals surface area contributed by atoms with Gasteiger partial charge in [-0.3, -0.25) is 0 Å². The predicted molar refractivity (Wildman–Crippen MR) is 110 cm³/mol. The molecule has 4 rings (SSSR count). The second-order valence-electron chi connectivity index (χ2n) is 7.34. The highest BCUT2D eigenvalue weighted by Crippen LogP contribution is 2.32. The average Bonchev–Trinajstić information content (AvgIpc) is 3.20. The van der Waals surface area contributed by atoms with Crippen molar-refractivity contribution in [2.24, 2.45) is 0 Å². The van der Waals surface area contributed by atoms with Crippen molar-refractivity contribution >= 4 is 11.0 Å². The Morgan fingerprint density at radius 2 is 1.76 bits per heavy atom. The van der Waals surface area contributed by atoms with Crippen LogP contribution in [0.1, 0.15) is 30.0 Å². The highest BCUT2D eigenvalue weighted by atomic mass is 16.5. The van der Waals surface area contributed by atoms with Crippen LogP contribution in [0.2, 0.25) is 0 Å². The number of nitrogens with one attached hydrogen (secondary N) is 1. The lowest BCUT2D eigenvalue weighted by Gasteiger charge is -2.24. The van der Waals surface area contributed by atoms with E-state index in [-0.39, 0.29) is 5.63 Å². The molecule has 2 heterocycles. The fraction of sp³-hybridized carbons (Fsp3) is 0.348. The molecule has 1 fully saturated rings. The first-order chi connectivity index (χ1) is 14.1. The van der Waals surface area contributed by atoms with E-state index in [1.807, 2.05) is 24.3 Å². The van der Waals surface area contributed by atoms with Crippen molar-refractivity contribution in [3.8, 4) is 17.2 Å². The predicted octanol–water partition coefficient (Wildman–Crippen LogP) is 2.74. The summed E-state index contributed by atoms with van der Waals surface area (Å²) in [5.41, 5.74) is 2.39. The Morgan fingerprint density at radius 3 is 2.52 bits per heavy atom. The lowest BCUT2D eigenvalue weighted by atomic mass is 10.0. The number of fused-ring (bicyclic) bond motifs is 1. The number of quaternary nitrogens is 1. The molecule has 3 aromatic rings. The standard InChI is InChI=1S/C23H25NO5/c1-26-16-7-9-19(21(12-16)28-3)20-5-4-10-24(20)14-15-11-23(25)29-22-13-17(27-2)6-8-18(15)22/h6-9,11-13,20H,4-5,10,14H2,1-3H3/p+1/t20-/m0/s1. The van der Waals surface area contributed by atoms with Crippen LogP contribution >= 0.6 is 0 Å². The van der Waals surface area contributed by atoms with Crippen molar-refractivity contribution in [2.45, 2.75) is 25.4 Å². The van der Waals surface area contributed by atoms with Crippen LogP contribution in [-0.2, 0) is 6.54 Å². The molecular formula is C23H26NO5+. The maximum Gasteiger partial charge on any atom is 0.336 e. The van der Waals surface area contributed by atoms with Gasteiger partial charge >= 0.3 is 5.63 Å². The van der Waals surface area contributed by atoms with Gasteiger partial charge in [0.05, 0.1) is 33.4 Å². The Morgan fingerprint density at radius 1 is 1.00 bits per heavy atom. The van der Waals surface area contributed by atoms with Crippen molar-refractivity contribution < 1.29 is 23.5 Å². The van der Waals surface area contributed by atoms with Gasteiger partial charge in [-0.2, -0.15) is 0 Å². The zero-order valence-electron chi connectivity index (χ0n) is 17.0. The highest BCUT2D eigenvalue weighted by Gasteiger charge is 2.33. The Balaban J connectivity index is 1.68. The Bertz CT molecular complexity index is 1070. The minimum absolute atomic E-state index is 0.302. The van der Waals surface area contributed by atoms with Gasteiger partial charge in [-0.15, -0.1) is 0 Å². The smallest absolute Gasteiger partial charge is 0.336 e. The van der Waals surface area contributed by atoms with Gasteiger partial charge in [0.2, 0.25) is 0 Å². The van der Waals surface area contributed by atoms with Gasteiger partial charge in [-0.25, -0.2) is 4.79 Å². The van der Waals surface area contributed by atoms with Gasteiger partial charge in [-0.1, -0.05) is 0 Å². The number of hydrogen-bond acceptors (Lipinski definition) is 5. The first-order valence-electron chi connectivity index (χ1n) is 9.80. The largest absolute Gasteiger partial charge is 0.497 e. The summed E-state index contributed by atoms with van der Waals surface area (Å²) in [5, 5.41) is 0.949. The molecule has 2 atom stereocenters. The summed E-state index contributed by atoms with van der Waals surface area (Å²) in [7, 11) is 4.95. The van der Waals surface area contributed by atoms with E-state index in [1.165, 1.54) is 10.5 Å². The summed E-state index contributed by atoms with van der Waals surface area (Å²) in [6, 6.07) is 13.6. The van der Waals surface area contributed by atoms with Crippen LogP contribution in [0.15, 0.2) is 51.7 Å². The van der Waals surface area contributed by atoms with E-state index >= 15 is 0 Å². The van der Waals surface area contributed by atoms with Crippen LogP contribution in [0.3, 0.4) is 0 Å². The Hall–Kier alpha value is -2.99. The number of methoxy groups -OCH3 is 3. The molecule has 0 aliphatic carbocycles. The van der Waals surface area contributed by atoms with Gasteiger partial charge < -0.3 is 23.5 Å².